The van der Waals surface area contributed by atoms with E-state index in [1.54, 1.807) is 0 Å². The van der Waals surface area contributed by atoms with Gasteiger partial charge in [-0.3, -0.25) is 4.79 Å². The summed E-state index contributed by atoms with van der Waals surface area (Å²) in [4.78, 5) is 11.3. The average molecular weight is 260 g/mol. The van der Waals surface area contributed by atoms with Gasteiger partial charge in [0.1, 0.15) is 0 Å². The third-order valence-electron chi connectivity index (χ3n) is 2.98. The molecule has 0 aromatic heterocycles. The third-order valence-corrected chi connectivity index (χ3v) is 2.98. The quantitative estimate of drug-likeness (QED) is 0.442. The van der Waals surface area contributed by atoms with Gasteiger partial charge in [0.2, 0.25) is 0 Å². The molecule has 0 fully saturated rings. The molecule has 0 aliphatic rings. The lowest BCUT2D eigenvalue weighted by Gasteiger charge is -2.19. The van der Waals surface area contributed by atoms with Crippen LogP contribution in [0.2, 0.25) is 0 Å². The van der Waals surface area contributed by atoms with Gasteiger partial charge in [-0.1, -0.05) is 39.0 Å². The number of unbranched alkanes of at least 4 members (excludes halogenated alkanes) is 5. The fraction of sp³-hybridized carbons (Fsp3) is 0.929. The van der Waals surface area contributed by atoms with Crippen molar-refractivity contribution >= 4 is 5.97 Å². The summed E-state index contributed by atoms with van der Waals surface area (Å²) in [5, 5.41) is 18.3. The Kier molecular flexibility index (Phi) is 9.98. The van der Waals surface area contributed by atoms with E-state index in [9.17, 15) is 9.90 Å². The lowest BCUT2D eigenvalue weighted by atomic mass is 10.1. The lowest BCUT2D eigenvalue weighted by molar-refractivity contribution is -0.145. The molecule has 0 aliphatic carbocycles. The Balaban J connectivity index is 3.38. The van der Waals surface area contributed by atoms with Crippen molar-refractivity contribution in [3.05, 3.63) is 0 Å². The van der Waals surface area contributed by atoms with Crippen LogP contribution in [0.3, 0.4) is 0 Å². The monoisotopic (exact) mass is 260 g/mol. The summed E-state index contributed by atoms with van der Waals surface area (Å²) < 4.78 is 5.00. The molecule has 0 aromatic rings. The highest BCUT2D eigenvalue weighted by molar-refractivity contribution is 5.69. The van der Waals surface area contributed by atoms with Crippen LogP contribution in [-0.2, 0) is 9.53 Å². The Morgan fingerprint density at radius 3 is 2.39 bits per heavy atom. The van der Waals surface area contributed by atoms with E-state index in [0.29, 0.717) is 6.42 Å². The predicted molar refractivity (Wildman–Crippen MR) is 71.3 cm³/mol. The molecule has 4 heteroatoms. The standard InChI is InChI=1S/C14H28O4/c1-3-4-5-6-7-8-9-13(16)18-11-10-14(2,17)12-15/h15,17H,3-12H2,1-2H3. The van der Waals surface area contributed by atoms with Crippen LogP contribution in [0.1, 0.15) is 65.2 Å². The van der Waals surface area contributed by atoms with Gasteiger partial charge in [0.15, 0.2) is 0 Å². The first-order chi connectivity index (χ1) is 8.52. The molecule has 4 nitrogen and oxygen atoms in total. The Morgan fingerprint density at radius 1 is 1.17 bits per heavy atom. The van der Waals surface area contributed by atoms with E-state index in [-0.39, 0.29) is 25.6 Å². The van der Waals surface area contributed by atoms with Crippen molar-refractivity contribution in [3.8, 4) is 0 Å². The summed E-state index contributed by atoms with van der Waals surface area (Å²) in [5.74, 6) is -0.209. The Labute approximate surface area is 110 Å². The number of esters is 1. The second-order valence-corrected chi connectivity index (χ2v) is 5.14. The molecule has 1 unspecified atom stereocenters. The maximum Gasteiger partial charge on any atom is 0.305 e. The molecule has 0 heterocycles. The van der Waals surface area contributed by atoms with Crippen LogP contribution in [0.4, 0.5) is 0 Å². The predicted octanol–water partition coefficient (Wildman–Crippen LogP) is 2.41. The van der Waals surface area contributed by atoms with E-state index >= 15 is 0 Å². The first kappa shape index (κ1) is 17.4. The zero-order valence-electron chi connectivity index (χ0n) is 11.8. The minimum atomic E-state index is -1.15. The van der Waals surface area contributed by atoms with Gasteiger partial charge >= 0.3 is 5.97 Å². The summed E-state index contributed by atoms with van der Waals surface area (Å²) in [7, 11) is 0. The molecular weight excluding hydrogens is 232 g/mol. The van der Waals surface area contributed by atoms with Crippen molar-refractivity contribution in [1.82, 2.24) is 0 Å². The van der Waals surface area contributed by atoms with Crippen LogP contribution in [-0.4, -0.2) is 35.0 Å². The molecule has 0 bridgehead atoms. The summed E-state index contributed by atoms with van der Waals surface area (Å²) in [6, 6.07) is 0. The van der Waals surface area contributed by atoms with Gasteiger partial charge in [-0.2, -0.15) is 0 Å². The molecule has 0 aliphatic heterocycles. The van der Waals surface area contributed by atoms with E-state index in [2.05, 4.69) is 6.92 Å². The summed E-state index contributed by atoms with van der Waals surface area (Å²) in [5.41, 5.74) is -1.15. The molecule has 0 spiro atoms. The summed E-state index contributed by atoms with van der Waals surface area (Å²) in [6.07, 6.45) is 7.58. The van der Waals surface area contributed by atoms with Crippen LogP contribution >= 0.6 is 0 Å². The van der Waals surface area contributed by atoms with Gasteiger partial charge in [-0.05, 0) is 13.3 Å². The van der Waals surface area contributed by atoms with Gasteiger partial charge in [-0.25, -0.2) is 0 Å². The second kappa shape index (κ2) is 10.3. The number of hydrogen-bond donors (Lipinski definition) is 2. The number of ether oxygens (including phenoxy) is 1. The molecule has 0 aromatic carbocycles. The van der Waals surface area contributed by atoms with Crippen LogP contribution in [0.15, 0.2) is 0 Å². The molecule has 18 heavy (non-hydrogen) atoms. The van der Waals surface area contributed by atoms with E-state index < -0.39 is 5.60 Å². The number of aliphatic hydroxyl groups excluding tert-OH is 1. The van der Waals surface area contributed by atoms with Crippen molar-refractivity contribution in [2.45, 2.75) is 70.8 Å². The van der Waals surface area contributed by atoms with E-state index in [1.165, 1.54) is 32.6 Å². The molecule has 108 valence electrons. The third kappa shape index (κ3) is 10.5. The lowest BCUT2D eigenvalue weighted by Crippen LogP contribution is -2.30. The smallest absolute Gasteiger partial charge is 0.305 e. The molecular formula is C14H28O4. The van der Waals surface area contributed by atoms with Crippen molar-refractivity contribution in [1.29, 1.82) is 0 Å². The molecule has 0 radical (unpaired) electrons. The van der Waals surface area contributed by atoms with Gasteiger partial charge in [0, 0.05) is 12.8 Å². The Hall–Kier alpha value is -0.610. The SMILES string of the molecule is CCCCCCCCC(=O)OCCC(C)(O)CO. The number of rotatable bonds is 11. The fourth-order valence-electron chi connectivity index (χ4n) is 1.59. The van der Waals surface area contributed by atoms with Gasteiger partial charge in [0.05, 0.1) is 18.8 Å². The van der Waals surface area contributed by atoms with Gasteiger partial charge in [-0.15, -0.1) is 0 Å². The van der Waals surface area contributed by atoms with Crippen molar-refractivity contribution in [3.63, 3.8) is 0 Å². The van der Waals surface area contributed by atoms with Crippen molar-refractivity contribution < 1.29 is 19.7 Å². The van der Waals surface area contributed by atoms with E-state index in [0.717, 1.165) is 12.8 Å². The van der Waals surface area contributed by atoms with E-state index in [4.69, 9.17) is 9.84 Å². The molecule has 2 N–H and O–H groups in total. The highest BCUT2D eigenvalue weighted by Crippen LogP contribution is 2.10. The summed E-state index contributed by atoms with van der Waals surface area (Å²) >= 11 is 0. The van der Waals surface area contributed by atoms with Crippen LogP contribution in [0.5, 0.6) is 0 Å². The highest BCUT2D eigenvalue weighted by atomic mass is 16.5. The van der Waals surface area contributed by atoms with Crippen LogP contribution in [0, 0.1) is 0 Å². The minimum Gasteiger partial charge on any atom is -0.466 e. The minimum absolute atomic E-state index is 0.169. The molecule has 1 atom stereocenters. The Morgan fingerprint density at radius 2 is 1.78 bits per heavy atom. The second-order valence-electron chi connectivity index (χ2n) is 5.14. The zero-order valence-corrected chi connectivity index (χ0v) is 11.8. The van der Waals surface area contributed by atoms with Crippen molar-refractivity contribution in [2.75, 3.05) is 13.2 Å². The average Bonchev–Trinajstić information content (AvgIpc) is 2.33. The number of carbonyl (C=O) groups is 1. The maximum absolute atomic E-state index is 11.3. The molecule has 0 saturated carbocycles. The van der Waals surface area contributed by atoms with Crippen LogP contribution < -0.4 is 0 Å². The molecule has 0 saturated heterocycles. The first-order valence-corrected chi connectivity index (χ1v) is 7.00. The molecule has 0 rings (SSSR count). The number of hydrogen-bond acceptors (Lipinski definition) is 4. The van der Waals surface area contributed by atoms with Gasteiger partial charge < -0.3 is 14.9 Å². The Bertz CT molecular complexity index is 214. The molecule has 0 amide bonds. The number of carbonyl (C=O) groups excluding carboxylic acids is 1. The summed E-state index contributed by atoms with van der Waals surface area (Å²) in [6.45, 7) is 3.55. The van der Waals surface area contributed by atoms with Crippen molar-refractivity contribution in [2.24, 2.45) is 0 Å². The largest absolute Gasteiger partial charge is 0.466 e. The maximum atomic E-state index is 11.3. The highest BCUT2D eigenvalue weighted by Gasteiger charge is 2.19. The fourth-order valence-corrected chi connectivity index (χ4v) is 1.59. The van der Waals surface area contributed by atoms with Gasteiger partial charge in [0.25, 0.3) is 0 Å². The van der Waals surface area contributed by atoms with E-state index in [1.807, 2.05) is 0 Å². The first-order valence-electron chi connectivity index (χ1n) is 7.00. The number of aliphatic hydroxyl groups is 2. The normalized spacial score (nSPS) is 14.2. The zero-order chi connectivity index (χ0) is 13.9. The van der Waals surface area contributed by atoms with Crippen LogP contribution in [0.25, 0.3) is 0 Å². The topological polar surface area (TPSA) is 66.8 Å².